The Bertz CT molecular complexity index is 70.8. The summed E-state index contributed by atoms with van der Waals surface area (Å²) in [6, 6.07) is 0. The van der Waals surface area contributed by atoms with Crippen LogP contribution in [0.2, 0.25) is 0 Å². The predicted molar refractivity (Wildman–Crippen MR) is 32.6 cm³/mol. The Labute approximate surface area is 92.4 Å². The van der Waals surface area contributed by atoms with Gasteiger partial charge in [0.2, 0.25) is 0 Å². The summed E-state index contributed by atoms with van der Waals surface area (Å²) in [5.74, 6) is -0.148. The molecular formula is C5H10KO2. The summed E-state index contributed by atoms with van der Waals surface area (Å²) in [5, 5.41) is 0. The Morgan fingerprint density at radius 3 is 1.88 bits per heavy atom. The Kier molecular flexibility index (Phi) is 9.23. The van der Waals surface area contributed by atoms with Crippen molar-refractivity contribution in [1.29, 1.82) is 0 Å². The minimum absolute atomic E-state index is 0. The second-order valence-electron chi connectivity index (χ2n) is 1.68. The summed E-state index contributed by atoms with van der Waals surface area (Å²) in [7, 11) is 1.39. The predicted octanol–water partition coefficient (Wildman–Crippen LogP) is 0.435. The summed E-state index contributed by atoms with van der Waals surface area (Å²) < 4.78 is 4.37. The molecule has 0 saturated heterocycles. The van der Waals surface area contributed by atoms with Gasteiger partial charge in [-0.3, -0.25) is 4.79 Å². The molecule has 0 aromatic rings. The van der Waals surface area contributed by atoms with Gasteiger partial charge in [0.15, 0.2) is 0 Å². The van der Waals surface area contributed by atoms with Gasteiger partial charge >= 0.3 is 5.97 Å². The molecule has 0 aliphatic rings. The van der Waals surface area contributed by atoms with Crippen molar-refractivity contribution >= 4 is 57.4 Å². The van der Waals surface area contributed by atoms with Gasteiger partial charge in [0, 0.05) is 51.4 Å². The Hall–Kier alpha value is 1.11. The maximum Gasteiger partial charge on any atom is 0.308 e. The minimum atomic E-state index is -0.153. The van der Waals surface area contributed by atoms with Crippen LogP contribution >= 0.6 is 0 Å². The van der Waals surface area contributed by atoms with Gasteiger partial charge in [0.25, 0.3) is 0 Å². The van der Waals surface area contributed by atoms with E-state index in [0.29, 0.717) is 0 Å². The van der Waals surface area contributed by atoms with E-state index in [9.17, 15) is 4.79 Å². The molecule has 0 unspecified atom stereocenters. The van der Waals surface area contributed by atoms with Gasteiger partial charge in [-0.05, 0) is 0 Å². The Balaban J connectivity index is 0. The van der Waals surface area contributed by atoms with Gasteiger partial charge in [0.1, 0.15) is 0 Å². The summed E-state index contributed by atoms with van der Waals surface area (Å²) in [5.41, 5.74) is 0. The fourth-order valence-electron chi connectivity index (χ4n) is 0.236. The second kappa shape index (κ2) is 6.23. The van der Waals surface area contributed by atoms with Gasteiger partial charge in [-0.2, -0.15) is 0 Å². The number of hydrogen-bond acceptors (Lipinski definition) is 2. The molecular weight excluding hydrogens is 131 g/mol. The van der Waals surface area contributed by atoms with Crippen LogP contribution in [-0.2, 0) is 9.53 Å². The molecule has 0 heterocycles. The molecule has 0 aliphatic carbocycles. The van der Waals surface area contributed by atoms with E-state index in [-0.39, 0.29) is 63.3 Å². The summed E-state index contributed by atoms with van der Waals surface area (Å²) in [6.45, 7) is 3.59. The van der Waals surface area contributed by atoms with Crippen molar-refractivity contribution in [2.75, 3.05) is 7.11 Å². The summed E-state index contributed by atoms with van der Waals surface area (Å²) >= 11 is 0. The maximum absolute atomic E-state index is 10.3. The molecule has 0 aliphatic heterocycles. The smallest absolute Gasteiger partial charge is 0.308 e. The normalized spacial score (nSPS) is 8.00. The third kappa shape index (κ3) is 5.25. The number of ether oxygens (including phenoxy) is 1. The number of methoxy groups -OCH3 is 1. The molecule has 0 aromatic heterocycles. The van der Waals surface area contributed by atoms with E-state index in [1.807, 2.05) is 0 Å². The standard InChI is InChI=1S/C5H10O2.K/c1-4(2)5(6)7-3;/h4H,1-3H3;. The Morgan fingerprint density at radius 1 is 1.50 bits per heavy atom. The fourth-order valence-corrected chi connectivity index (χ4v) is 0.236. The number of rotatable bonds is 1. The van der Waals surface area contributed by atoms with Crippen molar-refractivity contribution in [1.82, 2.24) is 0 Å². The molecule has 0 bridgehead atoms. The topological polar surface area (TPSA) is 26.3 Å². The van der Waals surface area contributed by atoms with Gasteiger partial charge in [-0.1, -0.05) is 13.8 Å². The molecule has 0 rings (SSSR count). The van der Waals surface area contributed by atoms with Gasteiger partial charge in [0.05, 0.1) is 13.0 Å². The van der Waals surface area contributed by atoms with Gasteiger partial charge in [-0.25, -0.2) is 0 Å². The van der Waals surface area contributed by atoms with Gasteiger partial charge in [-0.15, -0.1) is 0 Å². The first-order valence-electron chi connectivity index (χ1n) is 2.26. The van der Waals surface area contributed by atoms with E-state index in [2.05, 4.69) is 4.74 Å². The molecule has 0 spiro atoms. The van der Waals surface area contributed by atoms with Crippen molar-refractivity contribution < 1.29 is 9.53 Å². The van der Waals surface area contributed by atoms with E-state index < -0.39 is 0 Å². The van der Waals surface area contributed by atoms with Crippen LogP contribution in [0, 0.1) is 5.92 Å². The van der Waals surface area contributed by atoms with Crippen LogP contribution in [0.4, 0.5) is 0 Å². The fraction of sp³-hybridized carbons (Fsp3) is 0.800. The number of hydrogen-bond donors (Lipinski definition) is 0. The number of esters is 1. The first kappa shape index (κ1) is 11.8. The van der Waals surface area contributed by atoms with Crippen molar-refractivity contribution in [3.8, 4) is 0 Å². The zero-order valence-corrected chi connectivity index (χ0v) is 9.02. The zero-order valence-electron chi connectivity index (χ0n) is 5.89. The van der Waals surface area contributed by atoms with Crippen LogP contribution < -0.4 is 0 Å². The van der Waals surface area contributed by atoms with Crippen molar-refractivity contribution in [2.24, 2.45) is 5.92 Å². The van der Waals surface area contributed by atoms with E-state index >= 15 is 0 Å². The van der Waals surface area contributed by atoms with Crippen LogP contribution in [-0.4, -0.2) is 64.5 Å². The molecule has 2 nitrogen and oxygen atoms in total. The maximum atomic E-state index is 10.3. The van der Waals surface area contributed by atoms with E-state index in [0.717, 1.165) is 0 Å². The van der Waals surface area contributed by atoms with E-state index in [1.54, 1.807) is 13.8 Å². The number of carbonyl (C=O) groups excluding carboxylic acids is 1. The number of carbonyl (C=O) groups is 1. The van der Waals surface area contributed by atoms with Gasteiger partial charge < -0.3 is 4.74 Å². The largest absolute Gasteiger partial charge is 0.469 e. The molecule has 43 valence electrons. The molecule has 0 saturated carbocycles. The van der Waals surface area contributed by atoms with Crippen LogP contribution in [0.1, 0.15) is 13.8 Å². The average Bonchev–Trinajstić information content (AvgIpc) is 1.65. The molecule has 8 heavy (non-hydrogen) atoms. The van der Waals surface area contributed by atoms with Crippen LogP contribution in [0.5, 0.6) is 0 Å². The molecule has 0 fully saturated rings. The third-order valence-corrected chi connectivity index (χ3v) is 0.673. The molecule has 3 heteroatoms. The average molecular weight is 141 g/mol. The van der Waals surface area contributed by atoms with Crippen LogP contribution in [0.3, 0.4) is 0 Å². The van der Waals surface area contributed by atoms with E-state index in [4.69, 9.17) is 0 Å². The minimum Gasteiger partial charge on any atom is -0.469 e. The quantitative estimate of drug-likeness (QED) is 0.391. The Morgan fingerprint density at radius 2 is 1.88 bits per heavy atom. The molecule has 0 N–H and O–H groups in total. The zero-order chi connectivity index (χ0) is 5.86. The first-order chi connectivity index (χ1) is 3.18. The second-order valence-corrected chi connectivity index (χ2v) is 1.68. The SMILES string of the molecule is COC(=O)C(C)C.[K]. The summed E-state index contributed by atoms with van der Waals surface area (Å²) in [4.78, 5) is 10.3. The summed E-state index contributed by atoms with van der Waals surface area (Å²) in [6.07, 6.45) is 0. The van der Waals surface area contributed by atoms with Crippen molar-refractivity contribution in [2.45, 2.75) is 13.8 Å². The molecule has 1 radical (unpaired) electrons. The van der Waals surface area contributed by atoms with E-state index in [1.165, 1.54) is 7.11 Å². The molecule has 0 amide bonds. The van der Waals surface area contributed by atoms with Crippen LogP contribution in [0.25, 0.3) is 0 Å². The van der Waals surface area contributed by atoms with Crippen molar-refractivity contribution in [3.05, 3.63) is 0 Å². The van der Waals surface area contributed by atoms with Crippen LogP contribution in [0.15, 0.2) is 0 Å². The van der Waals surface area contributed by atoms with Crippen molar-refractivity contribution in [3.63, 3.8) is 0 Å². The third-order valence-electron chi connectivity index (χ3n) is 0.673. The molecule has 0 aromatic carbocycles. The first-order valence-corrected chi connectivity index (χ1v) is 2.26. The monoisotopic (exact) mass is 141 g/mol. The molecule has 0 atom stereocenters.